The van der Waals surface area contributed by atoms with Gasteiger partial charge in [0.05, 0.1) is 22.4 Å². The molecule has 0 atom stereocenters. The molecule has 0 radical (unpaired) electrons. The summed E-state index contributed by atoms with van der Waals surface area (Å²) in [7, 11) is 0. The van der Waals surface area contributed by atoms with E-state index in [-0.39, 0.29) is 17.8 Å². The average Bonchev–Trinajstić information content (AvgIpc) is 3.40. The second kappa shape index (κ2) is 7.12. The Labute approximate surface area is 179 Å². The lowest BCUT2D eigenvalue weighted by atomic mass is 10.0. The van der Waals surface area contributed by atoms with Gasteiger partial charge >= 0.3 is 0 Å². The van der Waals surface area contributed by atoms with Gasteiger partial charge in [-0.05, 0) is 56.7 Å². The maximum atomic E-state index is 12.9. The van der Waals surface area contributed by atoms with Crippen molar-refractivity contribution in [3.05, 3.63) is 41.2 Å². The Bertz CT molecular complexity index is 1230. The van der Waals surface area contributed by atoms with Crippen molar-refractivity contribution < 1.29 is 9.90 Å². The Morgan fingerprint density at radius 2 is 2.07 bits per heavy atom. The van der Waals surface area contributed by atoms with Crippen molar-refractivity contribution >= 4 is 34.4 Å². The normalized spacial score (nSPS) is 17.7. The molecule has 5 rings (SSSR count). The first kappa shape index (κ1) is 19.1. The zero-order valence-electron chi connectivity index (χ0n) is 16.4. The van der Waals surface area contributed by atoms with Crippen LogP contribution in [0.4, 0.5) is 5.95 Å². The molecule has 3 N–H and O–H groups in total. The van der Waals surface area contributed by atoms with Gasteiger partial charge in [-0.2, -0.15) is 0 Å². The van der Waals surface area contributed by atoms with Gasteiger partial charge in [0, 0.05) is 28.6 Å². The molecule has 0 spiro atoms. The number of hydrogen-bond donors (Lipinski definition) is 2. The first-order chi connectivity index (χ1) is 14.4. The van der Waals surface area contributed by atoms with Crippen molar-refractivity contribution in [3.63, 3.8) is 0 Å². The van der Waals surface area contributed by atoms with E-state index in [4.69, 9.17) is 17.3 Å². The molecule has 2 heterocycles. The first-order valence-corrected chi connectivity index (χ1v) is 10.5. The van der Waals surface area contributed by atoms with Crippen molar-refractivity contribution in [3.8, 4) is 23.1 Å². The maximum absolute atomic E-state index is 12.9. The van der Waals surface area contributed by atoms with Crippen LogP contribution in [0.2, 0.25) is 5.02 Å². The maximum Gasteiger partial charge on any atom is 0.234 e. The summed E-state index contributed by atoms with van der Waals surface area (Å²) in [6, 6.07) is 5.69. The smallest absolute Gasteiger partial charge is 0.234 e. The molecule has 2 fully saturated rings. The zero-order valence-corrected chi connectivity index (χ0v) is 17.1. The fourth-order valence-electron chi connectivity index (χ4n) is 4.05. The van der Waals surface area contributed by atoms with Gasteiger partial charge < -0.3 is 10.8 Å². The Morgan fingerprint density at radius 1 is 1.30 bits per heavy atom. The van der Waals surface area contributed by atoms with Gasteiger partial charge in [-0.1, -0.05) is 23.4 Å². The number of rotatable bonds is 2. The summed E-state index contributed by atoms with van der Waals surface area (Å²) in [6.45, 7) is 0. The molecule has 0 aliphatic heterocycles. The molecule has 2 aliphatic carbocycles. The largest absolute Gasteiger partial charge is 0.378 e. The number of fused-ring (bicyclic) bond motifs is 1. The second-order valence-electron chi connectivity index (χ2n) is 8.17. The Hall–Kier alpha value is -2.88. The number of aliphatic hydroxyl groups is 1. The number of nitrogen functional groups attached to an aromatic ring is 1. The molecular weight excluding hydrogens is 400 g/mol. The molecule has 0 saturated heterocycles. The molecule has 152 valence electrons. The molecule has 2 aliphatic rings. The third-order valence-electron chi connectivity index (χ3n) is 5.86. The summed E-state index contributed by atoms with van der Waals surface area (Å²) >= 11 is 6.36. The van der Waals surface area contributed by atoms with Gasteiger partial charge in [0.2, 0.25) is 11.9 Å². The average molecular weight is 421 g/mol. The van der Waals surface area contributed by atoms with Gasteiger partial charge in [-0.25, -0.2) is 9.97 Å². The summed E-state index contributed by atoms with van der Waals surface area (Å²) < 4.78 is 1.68. The molecule has 0 amide bonds. The number of carbonyl (C=O) groups excluding carboxylic acids is 1. The number of nitrogens with two attached hydrogens (primary N) is 1. The minimum atomic E-state index is -0.907. The minimum Gasteiger partial charge on any atom is -0.378 e. The molecule has 2 saturated carbocycles. The predicted octanol–water partition coefficient (Wildman–Crippen LogP) is 4.04. The number of carbonyl (C=O) groups is 1. The van der Waals surface area contributed by atoms with Crippen LogP contribution in [-0.2, 0) is 0 Å². The van der Waals surface area contributed by atoms with Crippen LogP contribution in [0.3, 0.4) is 0 Å². The van der Waals surface area contributed by atoms with Crippen LogP contribution < -0.4 is 5.73 Å². The standard InChI is InChI=1S/C23H21ClN4O2/c24-18-12-26-22(25)27-20(18)17-13-28(21(29)15-4-5-15)19-6-3-14(11-16(17)19)7-10-23(30)8-1-2-9-23/h3,6,11-13,15,30H,1-2,4-5,8-9H2,(H2,25,26,27). The Balaban J connectivity index is 1.66. The van der Waals surface area contributed by atoms with Gasteiger partial charge in [0.1, 0.15) is 5.60 Å². The number of nitrogens with zero attached hydrogens (tertiary/aromatic N) is 3. The quantitative estimate of drug-likeness (QED) is 0.610. The number of hydrogen-bond acceptors (Lipinski definition) is 5. The number of anilines is 1. The lowest BCUT2D eigenvalue weighted by Gasteiger charge is -2.12. The lowest BCUT2D eigenvalue weighted by Crippen LogP contribution is -2.20. The Kier molecular flexibility index (Phi) is 4.53. The molecule has 0 bridgehead atoms. The van der Waals surface area contributed by atoms with Crippen LogP contribution in [0.15, 0.2) is 30.6 Å². The predicted molar refractivity (Wildman–Crippen MR) is 116 cm³/mol. The monoisotopic (exact) mass is 420 g/mol. The minimum absolute atomic E-state index is 0.0653. The molecule has 3 aromatic rings. The van der Waals surface area contributed by atoms with Crippen LogP contribution in [0.1, 0.15) is 48.9 Å². The highest BCUT2D eigenvalue weighted by Crippen LogP contribution is 2.37. The van der Waals surface area contributed by atoms with E-state index in [2.05, 4.69) is 21.8 Å². The number of benzene rings is 1. The van der Waals surface area contributed by atoms with Crippen molar-refractivity contribution in [2.24, 2.45) is 5.92 Å². The van der Waals surface area contributed by atoms with Crippen LogP contribution in [-0.4, -0.2) is 31.1 Å². The van der Waals surface area contributed by atoms with E-state index in [0.29, 0.717) is 29.1 Å². The highest BCUT2D eigenvalue weighted by molar-refractivity contribution is 6.33. The van der Waals surface area contributed by atoms with Crippen LogP contribution >= 0.6 is 11.6 Å². The summed E-state index contributed by atoms with van der Waals surface area (Å²) in [5.41, 5.74) is 7.62. The fraction of sp³-hybridized carbons (Fsp3) is 0.348. The number of aromatic nitrogens is 3. The summed E-state index contributed by atoms with van der Waals surface area (Å²) in [4.78, 5) is 21.1. The molecular formula is C23H21ClN4O2. The Morgan fingerprint density at radius 3 is 2.80 bits per heavy atom. The van der Waals surface area contributed by atoms with Gasteiger partial charge in [0.15, 0.2) is 0 Å². The molecule has 30 heavy (non-hydrogen) atoms. The van der Waals surface area contributed by atoms with Crippen molar-refractivity contribution in [1.29, 1.82) is 0 Å². The van der Waals surface area contributed by atoms with Crippen molar-refractivity contribution in [2.75, 3.05) is 5.73 Å². The summed E-state index contributed by atoms with van der Waals surface area (Å²) in [6.07, 6.45) is 8.47. The topological polar surface area (TPSA) is 94.0 Å². The number of halogens is 1. The van der Waals surface area contributed by atoms with Gasteiger partial charge in [0.25, 0.3) is 0 Å². The molecule has 6 nitrogen and oxygen atoms in total. The van der Waals surface area contributed by atoms with E-state index < -0.39 is 5.60 Å². The summed E-state index contributed by atoms with van der Waals surface area (Å²) in [5.74, 6) is 6.40. The van der Waals surface area contributed by atoms with Gasteiger partial charge in [-0.15, -0.1) is 0 Å². The first-order valence-electron chi connectivity index (χ1n) is 10.2. The molecule has 0 unspecified atom stereocenters. The summed E-state index contributed by atoms with van der Waals surface area (Å²) in [5, 5.41) is 11.7. The van der Waals surface area contributed by atoms with Crippen molar-refractivity contribution in [1.82, 2.24) is 14.5 Å². The van der Waals surface area contributed by atoms with Crippen LogP contribution in [0.25, 0.3) is 22.2 Å². The highest BCUT2D eigenvalue weighted by atomic mass is 35.5. The van der Waals surface area contributed by atoms with E-state index in [9.17, 15) is 9.90 Å². The highest BCUT2D eigenvalue weighted by Gasteiger charge is 2.32. The van der Waals surface area contributed by atoms with E-state index in [0.717, 1.165) is 42.1 Å². The molecule has 1 aromatic carbocycles. The fourth-order valence-corrected chi connectivity index (χ4v) is 4.24. The van der Waals surface area contributed by atoms with Gasteiger partial charge in [-0.3, -0.25) is 9.36 Å². The third kappa shape index (κ3) is 3.45. The van der Waals surface area contributed by atoms with E-state index in [1.165, 1.54) is 6.20 Å². The zero-order chi connectivity index (χ0) is 20.9. The molecule has 2 aromatic heterocycles. The second-order valence-corrected chi connectivity index (χ2v) is 8.58. The van der Waals surface area contributed by atoms with E-state index in [1.54, 1.807) is 10.8 Å². The lowest BCUT2D eigenvalue weighted by molar-refractivity contribution is 0.0891. The SMILES string of the molecule is Nc1ncc(Cl)c(-c2cn(C(=O)C3CC3)c3ccc(C#CC4(O)CCCC4)cc23)n1. The van der Waals surface area contributed by atoms with Crippen molar-refractivity contribution in [2.45, 2.75) is 44.1 Å². The molecule has 7 heteroatoms. The third-order valence-corrected chi connectivity index (χ3v) is 6.13. The van der Waals surface area contributed by atoms with E-state index >= 15 is 0 Å². The van der Waals surface area contributed by atoms with E-state index in [1.807, 2.05) is 18.2 Å². The van der Waals surface area contributed by atoms with Crippen LogP contribution in [0.5, 0.6) is 0 Å². The van der Waals surface area contributed by atoms with Crippen LogP contribution in [0, 0.1) is 17.8 Å².